The Hall–Kier alpha value is -1.89. The number of carbonyl (C=O) groups is 1. The molecular weight excluding hydrogens is 324 g/mol. The van der Waals surface area contributed by atoms with Crippen molar-refractivity contribution in [2.24, 2.45) is 0 Å². The third-order valence-electron chi connectivity index (χ3n) is 2.62. The summed E-state index contributed by atoms with van der Waals surface area (Å²) in [7, 11) is 0. The highest BCUT2D eigenvalue weighted by Crippen LogP contribution is 2.17. The van der Waals surface area contributed by atoms with Crippen LogP contribution in [-0.4, -0.2) is 27.7 Å². The molecule has 0 radical (unpaired) electrons. The molecule has 1 unspecified atom stereocenters. The minimum absolute atomic E-state index is 0.0936. The van der Waals surface area contributed by atoms with Gasteiger partial charge in [0.2, 0.25) is 5.91 Å². The van der Waals surface area contributed by atoms with Crippen molar-refractivity contribution < 1.29 is 9.53 Å². The number of hydrogen-bond acceptors (Lipinski definition) is 4. The van der Waals surface area contributed by atoms with Crippen molar-refractivity contribution in [2.75, 3.05) is 6.61 Å². The topological polar surface area (TPSA) is 79.9 Å². The quantitative estimate of drug-likeness (QED) is 0.846. The van der Waals surface area contributed by atoms with Crippen molar-refractivity contribution in [1.29, 1.82) is 0 Å². The molecule has 0 fully saturated rings. The number of hydrogen-bond donors (Lipinski definition) is 2. The average Bonchev–Trinajstić information content (AvgIpc) is 2.92. The zero-order chi connectivity index (χ0) is 14.4. The van der Waals surface area contributed by atoms with Crippen LogP contribution in [-0.2, 0) is 4.79 Å². The highest BCUT2D eigenvalue weighted by Gasteiger charge is 2.11. The number of ether oxygens (including phenoxy) is 1. The zero-order valence-electron chi connectivity index (χ0n) is 11.0. The van der Waals surface area contributed by atoms with Crippen LogP contribution in [0, 0.1) is 0 Å². The van der Waals surface area contributed by atoms with Crippen molar-refractivity contribution in [3.05, 3.63) is 40.9 Å². The molecule has 7 heteroatoms. The van der Waals surface area contributed by atoms with Gasteiger partial charge < -0.3 is 10.1 Å². The van der Waals surface area contributed by atoms with Gasteiger partial charge in [0, 0.05) is 4.47 Å². The molecule has 0 spiro atoms. The highest BCUT2D eigenvalue weighted by atomic mass is 79.9. The van der Waals surface area contributed by atoms with Crippen LogP contribution in [0.1, 0.15) is 25.2 Å². The summed E-state index contributed by atoms with van der Waals surface area (Å²) >= 11 is 3.36. The van der Waals surface area contributed by atoms with Crippen LogP contribution in [0.15, 0.2) is 35.1 Å². The standard InChI is InChI=1S/C13H15BrN4O2/c1-9(13-15-8-16-18-13)17-12(19)5-6-20-11-4-2-3-10(14)7-11/h2-4,7-9H,5-6H2,1H3,(H,17,19)(H,15,16,18). The van der Waals surface area contributed by atoms with Gasteiger partial charge in [0.1, 0.15) is 17.9 Å². The summed E-state index contributed by atoms with van der Waals surface area (Å²) in [5, 5.41) is 9.28. The summed E-state index contributed by atoms with van der Waals surface area (Å²) in [6.45, 7) is 2.17. The van der Waals surface area contributed by atoms with Crippen molar-refractivity contribution >= 4 is 21.8 Å². The van der Waals surface area contributed by atoms with Crippen LogP contribution in [0.5, 0.6) is 5.75 Å². The van der Waals surface area contributed by atoms with Crippen molar-refractivity contribution in [3.8, 4) is 5.75 Å². The Morgan fingerprint density at radius 3 is 3.10 bits per heavy atom. The van der Waals surface area contributed by atoms with E-state index in [4.69, 9.17) is 4.74 Å². The van der Waals surface area contributed by atoms with Crippen molar-refractivity contribution in [2.45, 2.75) is 19.4 Å². The van der Waals surface area contributed by atoms with E-state index in [1.165, 1.54) is 6.33 Å². The van der Waals surface area contributed by atoms with Crippen LogP contribution < -0.4 is 10.1 Å². The van der Waals surface area contributed by atoms with Gasteiger partial charge in [-0.05, 0) is 25.1 Å². The van der Waals surface area contributed by atoms with Gasteiger partial charge in [0.05, 0.1) is 19.1 Å². The lowest BCUT2D eigenvalue weighted by atomic mass is 10.3. The Morgan fingerprint density at radius 2 is 2.40 bits per heavy atom. The van der Waals surface area contributed by atoms with Gasteiger partial charge in [0.25, 0.3) is 0 Å². The van der Waals surface area contributed by atoms with Crippen LogP contribution in [0.3, 0.4) is 0 Å². The van der Waals surface area contributed by atoms with Gasteiger partial charge in [0.15, 0.2) is 0 Å². The molecule has 2 N–H and O–H groups in total. The number of amides is 1. The first kappa shape index (κ1) is 14.5. The van der Waals surface area contributed by atoms with Crippen LogP contribution in [0.2, 0.25) is 0 Å². The molecule has 0 saturated carbocycles. The summed E-state index contributed by atoms with van der Waals surface area (Å²) in [5.41, 5.74) is 0. The minimum atomic E-state index is -0.198. The number of nitrogens with one attached hydrogen (secondary N) is 2. The fourth-order valence-corrected chi connectivity index (χ4v) is 2.00. The molecule has 1 heterocycles. The zero-order valence-corrected chi connectivity index (χ0v) is 12.6. The maximum Gasteiger partial charge on any atom is 0.224 e. The molecule has 0 saturated heterocycles. The van der Waals surface area contributed by atoms with Gasteiger partial charge in [-0.1, -0.05) is 22.0 Å². The number of benzene rings is 1. The molecule has 1 atom stereocenters. The summed E-state index contributed by atoms with van der Waals surface area (Å²) in [4.78, 5) is 15.7. The third kappa shape index (κ3) is 4.34. The summed E-state index contributed by atoms with van der Waals surface area (Å²) in [6.07, 6.45) is 1.69. The van der Waals surface area contributed by atoms with Gasteiger partial charge in [-0.25, -0.2) is 4.98 Å². The highest BCUT2D eigenvalue weighted by molar-refractivity contribution is 9.10. The van der Waals surface area contributed by atoms with E-state index in [0.29, 0.717) is 12.4 Å². The molecule has 0 bridgehead atoms. The molecule has 0 aliphatic carbocycles. The predicted molar refractivity (Wildman–Crippen MR) is 77.2 cm³/mol. The summed E-state index contributed by atoms with van der Waals surface area (Å²) < 4.78 is 6.45. The molecular formula is C13H15BrN4O2. The molecule has 0 aliphatic rings. The van der Waals surface area contributed by atoms with Crippen molar-refractivity contribution in [3.63, 3.8) is 0 Å². The first-order valence-electron chi connectivity index (χ1n) is 6.18. The van der Waals surface area contributed by atoms with Crippen LogP contribution in [0.25, 0.3) is 0 Å². The fourth-order valence-electron chi connectivity index (χ4n) is 1.62. The van der Waals surface area contributed by atoms with Crippen LogP contribution in [0.4, 0.5) is 0 Å². The fraction of sp³-hybridized carbons (Fsp3) is 0.308. The molecule has 1 amide bonds. The molecule has 1 aromatic carbocycles. The second-order valence-corrected chi connectivity index (χ2v) is 5.13. The van der Waals surface area contributed by atoms with E-state index in [1.54, 1.807) is 0 Å². The van der Waals surface area contributed by atoms with Gasteiger partial charge in [-0.15, -0.1) is 0 Å². The number of halogens is 1. The SMILES string of the molecule is CC(NC(=O)CCOc1cccc(Br)c1)c1ncn[nH]1. The third-order valence-corrected chi connectivity index (χ3v) is 3.11. The first-order valence-corrected chi connectivity index (χ1v) is 6.97. The van der Waals surface area contributed by atoms with Crippen molar-refractivity contribution in [1.82, 2.24) is 20.5 Å². The van der Waals surface area contributed by atoms with E-state index in [0.717, 1.165) is 10.2 Å². The Bertz CT molecular complexity index is 559. The minimum Gasteiger partial charge on any atom is -0.493 e. The van der Waals surface area contributed by atoms with E-state index in [1.807, 2.05) is 31.2 Å². The lowest BCUT2D eigenvalue weighted by Gasteiger charge is -2.11. The maximum atomic E-state index is 11.7. The Balaban J connectivity index is 1.73. The Labute approximate surface area is 125 Å². The number of aromatic amines is 1. The number of H-pyrrole nitrogens is 1. The van der Waals surface area contributed by atoms with Crippen LogP contribution >= 0.6 is 15.9 Å². The number of carbonyl (C=O) groups excluding carboxylic acids is 1. The number of rotatable bonds is 6. The van der Waals surface area contributed by atoms with Gasteiger partial charge in [-0.3, -0.25) is 9.89 Å². The van der Waals surface area contributed by atoms with E-state index in [-0.39, 0.29) is 18.4 Å². The molecule has 2 rings (SSSR count). The normalized spacial score (nSPS) is 11.9. The Kier molecular flexibility index (Phi) is 5.11. The second kappa shape index (κ2) is 7.04. The van der Waals surface area contributed by atoms with E-state index in [2.05, 4.69) is 36.4 Å². The van der Waals surface area contributed by atoms with Gasteiger partial charge in [-0.2, -0.15) is 5.10 Å². The van der Waals surface area contributed by atoms with E-state index < -0.39 is 0 Å². The summed E-state index contributed by atoms with van der Waals surface area (Å²) in [6, 6.07) is 7.30. The molecule has 106 valence electrons. The lowest BCUT2D eigenvalue weighted by Crippen LogP contribution is -2.28. The smallest absolute Gasteiger partial charge is 0.224 e. The average molecular weight is 339 g/mol. The molecule has 20 heavy (non-hydrogen) atoms. The lowest BCUT2D eigenvalue weighted by molar-refractivity contribution is -0.122. The Morgan fingerprint density at radius 1 is 1.55 bits per heavy atom. The second-order valence-electron chi connectivity index (χ2n) is 4.22. The van der Waals surface area contributed by atoms with Gasteiger partial charge >= 0.3 is 0 Å². The molecule has 1 aromatic heterocycles. The van der Waals surface area contributed by atoms with E-state index in [9.17, 15) is 4.79 Å². The monoisotopic (exact) mass is 338 g/mol. The maximum absolute atomic E-state index is 11.7. The molecule has 2 aromatic rings. The molecule has 0 aliphatic heterocycles. The summed E-state index contributed by atoms with van der Waals surface area (Å²) in [5.74, 6) is 1.27. The number of nitrogens with zero attached hydrogens (tertiary/aromatic N) is 2. The largest absolute Gasteiger partial charge is 0.493 e. The first-order chi connectivity index (χ1) is 9.65. The predicted octanol–water partition coefficient (Wildman–Crippen LogP) is 2.21. The number of aromatic nitrogens is 3. The molecule has 6 nitrogen and oxygen atoms in total. The van der Waals surface area contributed by atoms with E-state index >= 15 is 0 Å².